The van der Waals surface area contributed by atoms with Gasteiger partial charge in [-0.15, -0.1) is 0 Å². The molecule has 2 saturated heterocycles. The van der Waals surface area contributed by atoms with Gasteiger partial charge in [0.25, 0.3) is 18.3 Å². The fourth-order valence-corrected chi connectivity index (χ4v) is 10.5. The number of hydrogen-bond acceptors (Lipinski definition) is 8. The standard InChI is InChI=1S/C37H45F4N5O5/c1-35(40,41)31-27(32(47)44-37(33(48)49)23-13-21-12-22(15-23)16-24(37)14-21)18-42-34(43-31)46-20-36(6-10-50-11-7-36)28-17-26(2-3-29(28)46)51-25-4-8-45(9-5-25)19-30(38)39/h2-3,17-18,21-25,30H,4-16,19-20H2,1H3,(H,44,47)(H,48,49). The van der Waals surface area contributed by atoms with Crippen LogP contribution in [0.5, 0.6) is 5.75 Å². The number of piperidine rings is 1. The van der Waals surface area contributed by atoms with Gasteiger partial charge in [0, 0.05) is 57.1 Å². The molecule has 2 aromatic rings. The van der Waals surface area contributed by atoms with Crippen LogP contribution >= 0.6 is 0 Å². The molecule has 51 heavy (non-hydrogen) atoms. The first kappa shape index (κ1) is 34.6. The second kappa shape index (κ2) is 12.9. The SMILES string of the molecule is CC(F)(F)c1nc(N2CC3(CCOCC3)c3cc(OC4CCN(CC(F)F)CC4)ccc32)ncc1C(=O)NC1(C(=O)O)C2CC3CC(C2)CC1C3. The predicted octanol–water partition coefficient (Wildman–Crippen LogP) is 5.91. The fraction of sp³-hybridized carbons (Fsp3) is 0.676. The molecular weight excluding hydrogens is 670 g/mol. The Hall–Kier alpha value is -3.52. The van der Waals surface area contributed by atoms with Crippen LogP contribution in [0.1, 0.15) is 86.3 Å². The average Bonchev–Trinajstić information content (AvgIpc) is 3.38. The number of ether oxygens (including phenoxy) is 2. The molecule has 3 aliphatic heterocycles. The molecule has 0 radical (unpaired) electrons. The first-order chi connectivity index (χ1) is 24.3. The molecule has 4 saturated carbocycles. The lowest BCUT2D eigenvalue weighted by Crippen LogP contribution is -2.70. The summed E-state index contributed by atoms with van der Waals surface area (Å²) in [5, 5.41) is 13.3. The number of aliphatic carboxylic acids is 1. The summed E-state index contributed by atoms with van der Waals surface area (Å²) in [5.41, 5.74) is -1.34. The number of carbonyl (C=O) groups is 2. The lowest BCUT2D eigenvalue weighted by Gasteiger charge is -2.59. The van der Waals surface area contributed by atoms with Gasteiger partial charge in [0.05, 0.1) is 12.1 Å². The van der Waals surface area contributed by atoms with E-state index in [1.165, 1.54) is 0 Å². The van der Waals surface area contributed by atoms with Gasteiger partial charge in [-0.25, -0.2) is 23.5 Å². The summed E-state index contributed by atoms with van der Waals surface area (Å²) in [6.45, 7) is 2.97. The molecule has 4 aliphatic carbocycles. The van der Waals surface area contributed by atoms with E-state index in [1.54, 1.807) is 9.80 Å². The van der Waals surface area contributed by atoms with Crippen LogP contribution in [0.2, 0.25) is 0 Å². The molecule has 10 nitrogen and oxygen atoms in total. The summed E-state index contributed by atoms with van der Waals surface area (Å²) in [5.74, 6) is -4.45. The monoisotopic (exact) mass is 715 g/mol. The minimum absolute atomic E-state index is 0.0235. The summed E-state index contributed by atoms with van der Waals surface area (Å²) >= 11 is 0. The zero-order valence-corrected chi connectivity index (χ0v) is 28.8. The van der Waals surface area contributed by atoms with E-state index in [1.807, 2.05) is 18.2 Å². The number of rotatable bonds is 9. The first-order valence-corrected chi connectivity index (χ1v) is 18.3. The smallest absolute Gasteiger partial charge is 0.330 e. The number of anilines is 2. The third kappa shape index (κ3) is 6.13. The fourth-order valence-electron chi connectivity index (χ4n) is 10.5. The number of fused-ring (bicyclic) bond motifs is 2. The Kier molecular flexibility index (Phi) is 8.71. The van der Waals surface area contributed by atoms with E-state index in [-0.39, 0.29) is 35.8 Å². The number of nitrogens with zero attached hydrogens (tertiary/aromatic N) is 4. The molecule has 1 spiro atoms. The van der Waals surface area contributed by atoms with E-state index in [4.69, 9.17) is 9.47 Å². The van der Waals surface area contributed by atoms with Gasteiger partial charge in [-0.1, -0.05) is 0 Å². The van der Waals surface area contributed by atoms with Crippen molar-refractivity contribution in [3.05, 3.63) is 41.2 Å². The van der Waals surface area contributed by atoms with Crippen molar-refractivity contribution in [2.75, 3.05) is 44.3 Å². The second-order valence-corrected chi connectivity index (χ2v) is 15.9. The van der Waals surface area contributed by atoms with Crippen LogP contribution < -0.4 is 15.0 Å². The van der Waals surface area contributed by atoms with Gasteiger partial charge < -0.3 is 24.8 Å². The van der Waals surface area contributed by atoms with Crippen molar-refractivity contribution in [2.24, 2.45) is 23.7 Å². The van der Waals surface area contributed by atoms with Crippen molar-refractivity contribution in [1.82, 2.24) is 20.2 Å². The Morgan fingerprint density at radius 3 is 2.35 bits per heavy atom. The molecule has 276 valence electrons. The van der Waals surface area contributed by atoms with Gasteiger partial charge >= 0.3 is 5.97 Å². The number of benzene rings is 1. The molecule has 1 aromatic heterocycles. The highest BCUT2D eigenvalue weighted by molar-refractivity contribution is 5.99. The van der Waals surface area contributed by atoms with E-state index in [2.05, 4.69) is 15.3 Å². The Bertz CT molecular complexity index is 1640. The lowest BCUT2D eigenvalue weighted by molar-refractivity contribution is -0.163. The van der Waals surface area contributed by atoms with Crippen LogP contribution in [0.15, 0.2) is 24.4 Å². The van der Waals surface area contributed by atoms with Crippen molar-refractivity contribution < 1.29 is 41.7 Å². The molecule has 14 heteroatoms. The first-order valence-electron chi connectivity index (χ1n) is 18.3. The molecule has 2 N–H and O–H groups in total. The van der Waals surface area contributed by atoms with Crippen molar-refractivity contribution in [3.8, 4) is 5.75 Å². The van der Waals surface area contributed by atoms with E-state index in [0.717, 1.165) is 23.9 Å². The predicted molar refractivity (Wildman–Crippen MR) is 178 cm³/mol. The molecule has 1 aromatic carbocycles. The lowest BCUT2D eigenvalue weighted by atomic mass is 9.48. The van der Waals surface area contributed by atoms with Crippen LogP contribution in [0.4, 0.5) is 29.2 Å². The minimum Gasteiger partial charge on any atom is -0.490 e. The Morgan fingerprint density at radius 1 is 1.08 bits per heavy atom. The van der Waals surface area contributed by atoms with Crippen LogP contribution in [0, 0.1) is 23.7 Å². The van der Waals surface area contributed by atoms with Gasteiger partial charge in [-0.3, -0.25) is 9.69 Å². The van der Waals surface area contributed by atoms with Gasteiger partial charge in [0.1, 0.15) is 23.1 Å². The maximum absolute atomic E-state index is 15.4. The molecule has 1 amide bonds. The number of aromatic nitrogens is 2. The number of likely N-dealkylation sites (tertiary alicyclic amines) is 1. The maximum atomic E-state index is 15.4. The quantitative estimate of drug-likeness (QED) is 0.306. The van der Waals surface area contributed by atoms with Crippen LogP contribution in [-0.4, -0.2) is 89.3 Å². The summed E-state index contributed by atoms with van der Waals surface area (Å²) in [6, 6.07) is 5.68. The Labute approximate surface area is 294 Å². The number of halogens is 4. The zero-order chi connectivity index (χ0) is 35.7. The highest BCUT2D eigenvalue weighted by Crippen LogP contribution is 2.58. The van der Waals surface area contributed by atoms with E-state index in [9.17, 15) is 23.5 Å². The van der Waals surface area contributed by atoms with Crippen LogP contribution in [-0.2, 0) is 20.9 Å². The molecule has 7 aliphatic rings. The highest BCUT2D eigenvalue weighted by atomic mass is 19.3. The van der Waals surface area contributed by atoms with Crippen molar-refractivity contribution in [1.29, 1.82) is 0 Å². The van der Waals surface area contributed by atoms with Gasteiger partial charge in [0.15, 0.2) is 0 Å². The minimum atomic E-state index is -3.52. The van der Waals surface area contributed by atoms with Crippen LogP contribution in [0.25, 0.3) is 0 Å². The van der Waals surface area contributed by atoms with Gasteiger partial charge in [-0.2, -0.15) is 8.78 Å². The van der Waals surface area contributed by atoms with Crippen molar-refractivity contribution >= 4 is 23.5 Å². The Morgan fingerprint density at radius 2 is 1.75 bits per heavy atom. The van der Waals surface area contributed by atoms with E-state index < -0.39 is 41.0 Å². The molecule has 0 unspecified atom stereocenters. The van der Waals surface area contributed by atoms with E-state index in [0.29, 0.717) is 109 Å². The molecule has 6 fully saturated rings. The molecular formula is C37H45F4N5O5. The topological polar surface area (TPSA) is 117 Å². The summed E-state index contributed by atoms with van der Waals surface area (Å²) in [6.07, 6.45) is 5.19. The third-order valence-corrected chi connectivity index (χ3v) is 12.8. The summed E-state index contributed by atoms with van der Waals surface area (Å²) in [7, 11) is 0. The maximum Gasteiger partial charge on any atom is 0.330 e. The number of carboxylic acid groups (broad SMARTS) is 1. The van der Waals surface area contributed by atoms with E-state index >= 15 is 8.78 Å². The number of amides is 1. The molecule has 0 atom stereocenters. The number of hydrogen-bond donors (Lipinski definition) is 2. The van der Waals surface area contributed by atoms with Gasteiger partial charge in [0.2, 0.25) is 5.95 Å². The number of alkyl halides is 4. The normalized spacial score (nSPS) is 30.2. The highest BCUT2D eigenvalue weighted by Gasteiger charge is 2.62. The average molecular weight is 716 g/mol. The zero-order valence-electron chi connectivity index (χ0n) is 28.8. The second-order valence-electron chi connectivity index (χ2n) is 15.9. The molecule has 9 rings (SSSR count). The number of carbonyl (C=O) groups excluding carboxylic acids is 1. The number of nitrogens with one attached hydrogen (secondary N) is 1. The summed E-state index contributed by atoms with van der Waals surface area (Å²) in [4.78, 5) is 39.2. The number of carboxylic acids is 1. The summed E-state index contributed by atoms with van der Waals surface area (Å²) < 4.78 is 68.6. The molecule has 4 bridgehead atoms. The van der Waals surface area contributed by atoms with Crippen molar-refractivity contribution in [3.63, 3.8) is 0 Å². The Balaban J connectivity index is 1.07. The largest absolute Gasteiger partial charge is 0.490 e. The van der Waals surface area contributed by atoms with Crippen LogP contribution in [0.3, 0.4) is 0 Å². The third-order valence-electron chi connectivity index (χ3n) is 12.8. The van der Waals surface area contributed by atoms with Crippen molar-refractivity contribution in [2.45, 2.75) is 94.1 Å². The molecule has 4 heterocycles. The van der Waals surface area contributed by atoms with Gasteiger partial charge in [-0.05, 0) is 105 Å².